The second kappa shape index (κ2) is 5.75. The van der Waals surface area contributed by atoms with Gasteiger partial charge in [-0.15, -0.1) is 0 Å². The van der Waals surface area contributed by atoms with E-state index in [9.17, 15) is 0 Å². The Morgan fingerprint density at radius 3 is 2.82 bits per heavy atom. The minimum absolute atomic E-state index is 0.420. The van der Waals surface area contributed by atoms with Crippen LogP contribution in [0.4, 0.5) is 0 Å². The Morgan fingerprint density at radius 2 is 2.12 bits per heavy atom. The highest BCUT2D eigenvalue weighted by Gasteiger charge is 2.00. The fourth-order valence-corrected chi connectivity index (χ4v) is 1.72. The molecule has 0 aliphatic carbocycles. The minimum atomic E-state index is 0.420. The molecule has 2 aromatic rings. The van der Waals surface area contributed by atoms with Gasteiger partial charge in [0.15, 0.2) is 5.22 Å². The van der Waals surface area contributed by atoms with Crippen LogP contribution in [0.25, 0.3) is 0 Å². The van der Waals surface area contributed by atoms with Crippen molar-refractivity contribution in [3.05, 3.63) is 52.9 Å². The third-order valence-electron chi connectivity index (χ3n) is 2.39. The molecule has 0 bridgehead atoms. The number of ether oxygens (including phenoxy) is 1. The van der Waals surface area contributed by atoms with Crippen LogP contribution < -0.4 is 10.1 Å². The summed E-state index contributed by atoms with van der Waals surface area (Å²) >= 11 is 5.68. The molecule has 0 saturated carbocycles. The number of nitrogens with one attached hydrogen (secondary N) is 1. The normalized spacial score (nSPS) is 10.5. The molecule has 0 radical (unpaired) electrons. The lowest BCUT2D eigenvalue weighted by Gasteiger charge is -2.05. The lowest BCUT2D eigenvalue weighted by molar-refractivity contribution is 0.414. The van der Waals surface area contributed by atoms with E-state index in [1.165, 1.54) is 5.56 Å². The van der Waals surface area contributed by atoms with Crippen LogP contribution in [-0.2, 0) is 13.1 Å². The summed E-state index contributed by atoms with van der Waals surface area (Å²) in [7, 11) is 1.66. The zero-order valence-corrected chi connectivity index (χ0v) is 10.3. The molecule has 0 spiro atoms. The van der Waals surface area contributed by atoms with Gasteiger partial charge in [0, 0.05) is 6.54 Å². The average molecular weight is 252 g/mol. The summed E-state index contributed by atoms with van der Waals surface area (Å²) in [6.07, 6.45) is 0. The molecule has 0 saturated heterocycles. The van der Waals surface area contributed by atoms with Crippen LogP contribution in [-0.4, -0.2) is 7.11 Å². The number of hydrogen-bond acceptors (Lipinski definition) is 3. The number of methoxy groups -OCH3 is 1. The van der Waals surface area contributed by atoms with Gasteiger partial charge in [-0.3, -0.25) is 0 Å². The van der Waals surface area contributed by atoms with Crippen molar-refractivity contribution < 1.29 is 9.15 Å². The van der Waals surface area contributed by atoms with E-state index in [4.69, 9.17) is 20.8 Å². The van der Waals surface area contributed by atoms with Gasteiger partial charge in [0.25, 0.3) is 0 Å². The molecule has 90 valence electrons. The fraction of sp³-hybridized carbons (Fsp3) is 0.231. The maximum absolute atomic E-state index is 5.68. The first kappa shape index (κ1) is 12.0. The molecular weight excluding hydrogens is 238 g/mol. The van der Waals surface area contributed by atoms with Gasteiger partial charge in [-0.2, -0.15) is 0 Å². The smallest absolute Gasteiger partial charge is 0.193 e. The van der Waals surface area contributed by atoms with Crippen molar-refractivity contribution in [3.63, 3.8) is 0 Å². The zero-order valence-electron chi connectivity index (χ0n) is 9.57. The number of rotatable bonds is 5. The summed E-state index contributed by atoms with van der Waals surface area (Å²) in [6.45, 7) is 1.42. The van der Waals surface area contributed by atoms with Crippen molar-refractivity contribution in [1.82, 2.24) is 5.32 Å². The lowest BCUT2D eigenvalue weighted by atomic mass is 10.2. The van der Waals surface area contributed by atoms with Crippen molar-refractivity contribution in [1.29, 1.82) is 0 Å². The van der Waals surface area contributed by atoms with E-state index in [0.717, 1.165) is 18.1 Å². The monoisotopic (exact) mass is 251 g/mol. The van der Waals surface area contributed by atoms with Gasteiger partial charge in [0.1, 0.15) is 11.5 Å². The molecule has 3 nitrogen and oxygen atoms in total. The fourth-order valence-electron chi connectivity index (χ4n) is 1.56. The SMILES string of the molecule is COc1cccc(CNCc2ccc(Cl)o2)c1. The van der Waals surface area contributed by atoms with Crippen molar-refractivity contribution >= 4 is 11.6 Å². The van der Waals surface area contributed by atoms with Crippen molar-refractivity contribution in [2.24, 2.45) is 0 Å². The quantitative estimate of drug-likeness (QED) is 0.886. The Kier molecular flexibility index (Phi) is 4.07. The molecule has 0 aliphatic heterocycles. The van der Waals surface area contributed by atoms with Gasteiger partial charge < -0.3 is 14.5 Å². The molecule has 1 aromatic heterocycles. The molecule has 0 atom stereocenters. The average Bonchev–Trinajstić information content (AvgIpc) is 2.75. The molecule has 0 aliphatic rings. The summed E-state index contributed by atoms with van der Waals surface area (Å²) in [5.41, 5.74) is 1.17. The van der Waals surface area contributed by atoms with Crippen LogP contribution in [0.2, 0.25) is 5.22 Å². The number of benzene rings is 1. The van der Waals surface area contributed by atoms with Crippen LogP contribution in [0.15, 0.2) is 40.8 Å². The molecule has 0 unspecified atom stereocenters. The molecule has 0 amide bonds. The first-order valence-electron chi connectivity index (χ1n) is 5.36. The topological polar surface area (TPSA) is 34.4 Å². The molecule has 17 heavy (non-hydrogen) atoms. The van der Waals surface area contributed by atoms with Crippen molar-refractivity contribution in [2.45, 2.75) is 13.1 Å². The van der Waals surface area contributed by atoms with Crippen LogP contribution in [0.5, 0.6) is 5.75 Å². The van der Waals surface area contributed by atoms with Gasteiger partial charge in [-0.05, 0) is 41.4 Å². The molecule has 1 N–H and O–H groups in total. The van der Waals surface area contributed by atoms with E-state index >= 15 is 0 Å². The van der Waals surface area contributed by atoms with Gasteiger partial charge in [0.2, 0.25) is 0 Å². The summed E-state index contributed by atoms with van der Waals surface area (Å²) < 4.78 is 10.4. The largest absolute Gasteiger partial charge is 0.497 e. The van der Waals surface area contributed by atoms with E-state index in [1.807, 2.05) is 30.3 Å². The molecule has 4 heteroatoms. The highest BCUT2D eigenvalue weighted by atomic mass is 35.5. The van der Waals surface area contributed by atoms with Gasteiger partial charge in [-0.1, -0.05) is 12.1 Å². The third kappa shape index (κ3) is 3.51. The van der Waals surface area contributed by atoms with Crippen LogP contribution in [0.3, 0.4) is 0 Å². The summed E-state index contributed by atoms with van der Waals surface area (Å²) in [4.78, 5) is 0. The molecule has 1 aromatic carbocycles. The standard InChI is InChI=1S/C13H14ClNO2/c1-16-11-4-2-3-10(7-11)8-15-9-12-5-6-13(14)17-12/h2-7,15H,8-9H2,1H3. The van der Waals surface area contributed by atoms with Crippen molar-refractivity contribution in [3.8, 4) is 5.75 Å². The molecule has 1 heterocycles. The zero-order chi connectivity index (χ0) is 12.1. The Morgan fingerprint density at radius 1 is 1.24 bits per heavy atom. The van der Waals surface area contributed by atoms with Crippen LogP contribution in [0.1, 0.15) is 11.3 Å². The number of hydrogen-bond donors (Lipinski definition) is 1. The Bertz CT molecular complexity index is 482. The number of furan rings is 1. The van der Waals surface area contributed by atoms with Crippen LogP contribution >= 0.6 is 11.6 Å². The summed E-state index contributed by atoms with van der Waals surface area (Å²) in [5, 5.41) is 3.69. The van der Waals surface area contributed by atoms with E-state index in [0.29, 0.717) is 11.8 Å². The van der Waals surface area contributed by atoms with Gasteiger partial charge >= 0.3 is 0 Å². The van der Waals surface area contributed by atoms with E-state index in [-0.39, 0.29) is 0 Å². The Labute approximate surface area is 105 Å². The first-order chi connectivity index (χ1) is 8.28. The Balaban J connectivity index is 1.85. The van der Waals surface area contributed by atoms with Crippen molar-refractivity contribution in [2.75, 3.05) is 7.11 Å². The molecule has 2 rings (SSSR count). The Hall–Kier alpha value is -1.45. The predicted octanol–water partition coefficient (Wildman–Crippen LogP) is 3.23. The van der Waals surface area contributed by atoms with E-state index < -0.39 is 0 Å². The molecular formula is C13H14ClNO2. The summed E-state index contributed by atoms with van der Waals surface area (Å²) in [6, 6.07) is 11.5. The highest BCUT2D eigenvalue weighted by Crippen LogP contribution is 2.14. The highest BCUT2D eigenvalue weighted by molar-refractivity contribution is 6.28. The second-order valence-corrected chi connectivity index (χ2v) is 4.03. The molecule has 0 fully saturated rings. The summed E-state index contributed by atoms with van der Waals surface area (Å²) in [5.74, 6) is 1.70. The van der Waals surface area contributed by atoms with E-state index in [2.05, 4.69) is 5.32 Å². The predicted molar refractivity (Wildman–Crippen MR) is 67.3 cm³/mol. The first-order valence-corrected chi connectivity index (χ1v) is 5.73. The van der Waals surface area contributed by atoms with Gasteiger partial charge in [-0.25, -0.2) is 0 Å². The second-order valence-electron chi connectivity index (χ2n) is 3.66. The lowest BCUT2D eigenvalue weighted by Crippen LogP contribution is -2.12. The maximum Gasteiger partial charge on any atom is 0.193 e. The maximum atomic E-state index is 5.68. The third-order valence-corrected chi connectivity index (χ3v) is 2.59. The van der Waals surface area contributed by atoms with Crippen LogP contribution in [0, 0.1) is 0 Å². The number of halogens is 1. The van der Waals surface area contributed by atoms with Gasteiger partial charge in [0.05, 0.1) is 13.7 Å². The van der Waals surface area contributed by atoms with E-state index in [1.54, 1.807) is 13.2 Å². The minimum Gasteiger partial charge on any atom is -0.497 e.